The molecule has 0 amide bonds. The summed E-state index contributed by atoms with van der Waals surface area (Å²) in [5.74, 6) is 0.761. The number of thiophene rings is 1. The van der Waals surface area contributed by atoms with E-state index in [4.69, 9.17) is 4.74 Å². The fourth-order valence-corrected chi connectivity index (χ4v) is 3.06. The van der Waals surface area contributed by atoms with E-state index >= 15 is 0 Å². The van der Waals surface area contributed by atoms with E-state index in [1.165, 1.54) is 18.4 Å². The lowest BCUT2D eigenvalue weighted by Crippen LogP contribution is -2.38. The van der Waals surface area contributed by atoms with Crippen LogP contribution in [0.5, 0.6) is 5.75 Å². The maximum atomic E-state index is 12.2. The maximum absolute atomic E-state index is 12.2. The Morgan fingerprint density at radius 3 is 2.67 bits per heavy atom. The minimum atomic E-state index is -0.317. The molecule has 0 saturated heterocycles. The summed E-state index contributed by atoms with van der Waals surface area (Å²) in [5, 5.41) is 1.82. The van der Waals surface area contributed by atoms with Crippen molar-refractivity contribution >= 4 is 21.6 Å². The summed E-state index contributed by atoms with van der Waals surface area (Å²) >= 11 is 1.35. The fourth-order valence-electron chi connectivity index (χ4n) is 2.19. The van der Waals surface area contributed by atoms with Crippen LogP contribution in [0.25, 0.3) is 10.2 Å². The third kappa shape index (κ3) is 2.50. The van der Waals surface area contributed by atoms with E-state index in [0.29, 0.717) is 23.4 Å². The van der Waals surface area contributed by atoms with Gasteiger partial charge in [0.2, 0.25) is 0 Å². The lowest BCUT2D eigenvalue weighted by molar-refractivity contribution is 0.296. The second kappa shape index (κ2) is 5.57. The van der Waals surface area contributed by atoms with Gasteiger partial charge in [-0.25, -0.2) is 4.79 Å². The van der Waals surface area contributed by atoms with Gasteiger partial charge in [-0.1, -0.05) is 18.2 Å². The highest BCUT2D eigenvalue weighted by atomic mass is 32.1. The first kappa shape index (κ1) is 13.6. The third-order valence-electron chi connectivity index (χ3n) is 3.28. The minimum absolute atomic E-state index is 0.245. The zero-order valence-corrected chi connectivity index (χ0v) is 12.3. The molecule has 21 heavy (non-hydrogen) atoms. The first-order valence-electron chi connectivity index (χ1n) is 6.53. The van der Waals surface area contributed by atoms with E-state index < -0.39 is 0 Å². The summed E-state index contributed by atoms with van der Waals surface area (Å²) < 4.78 is 8.93. The maximum Gasteiger partial charge on any atom is 0.331 e. The van der Waals surface area contributed by atoms with Gasteiger partial charge in [0.15, 0.2) is 0 Å². The predicted molar refractivity (Wildman–Crippen MR) is 83.3 cm³/mol. The molecule has 2 heterocycles. The summed E-state index contributed by atoms with van der Waals surface area (Å²) in [5.41, 5.74) is 0.109. The highest BCUT2D eigenvalue weighted by Crippen LogP contribution is 2.15. The lowest BCUT2D eigenvalue weighted by Gasteiger charge is -2.10. The van der Waals surface area contributed by atoms with Gasteiger partial charge in [0.25, 0.3) is 5.56 Å². The quantitative estimate of drug-likeness (QED) is 0.739. The number of benzene rings is 1. The van der Waals surface area contributed by atoms with Crippen LogP contribution in [-0.4, -0.2) is 15.7 Å². The standard InChI is InChI=1S/C15H14N2O3S/c1-16-14(18)13-12(7-10-21-13)17(15(16)19)8-9-20-11-5-3-2-4-6-11/h2-7,10H,8-9H2,1H3. The molecule has 108 valence electrons. The second-order valence-electron chi connectivity index (χ2n) is 4.59. The zero-order chi connectivity index (χ0) is 14.8. The Labute approximate surface area is 124 Å². The summed E-state index contributed by atoms with van der Waals surface area (Å²) in [4.78, 5) is 24.2. The molecule has 0 unspecified atom stereocenters. The molecule has 3 aromatic rings. The van der Waals surface area contributed by atoms with E-state index in [2.05, 4.69) is 0 Å². The molecule has 0 fully saturated rings. The topological polar surface area (TPSA) is 53.2 Å². The van der Waals surface area contributed by atoms with Gasteiger partial charge in [-0.15, -0.1) is 11.3 Å². The molecule has 2 aromatic heterocycles. The third-order valence-corrected chi connectivity index (χ3v) is 4.17. The largest absolute Gasteiger partial charge is 0.492 e. The number of hydrogen-bond donors (Lipinski definition) is 0. The summed E-state index contributed by atoms with van der Waals surface area (Å²) in [7, 11) is 1.50. The smallest absolute Gasteiger partial charge is 0.331 e. The monoisotopic (exact) mass is 302 g/mol. The Hall–Kier alpha value is -2.34. The van der Waals surface area contributed by atoms with Crippen molar-refractivity contribution in [2.75, 3.05) is 6.61 Å². The fraction of sp³-hybridized carbons (Fsp3) is 0.200. The zero-order valence-electron chi connectivity index (χ0n) is 11.5. The van der Waals surface area contributed by atoms with Gasteiger partial charge in [0, 0.05) is 7.05 Å². The number of rotatable bonds is 4. The predicted octanol–water partition coefficient (Wildman–Crippen LogP) is 1.84. The van der Waals surface area contributed by atoms with E-state index in [0.717, 1.165) is 10.3 Å². The SMILES string of the molecule is Cn1c(=O)c2sccc2n(CCOc2ccccc2)c1=O. The van der Waals surface area contributed by atoms with Crippen LogP contribution >= 0.6 is 11.3 Å². The normalized spacial score (nSPS) is 10.9. The molecule has 5 nitrogen and oxygen atoms in total. The summed E-state index contributed by atoms with van der Waals surface area (Å²) in [6.07, 6.45) is 0. The minimum Gasteiger partial charge on any atom is -0.492 e. The molecule has 1 aromatic carbocycles. The van der Waals surface area contributed by atoms with Crippen LogP contribution in [0.3, 0.4) is 0 Å². The number of fused-ring (bicyclic) bond motifs is 1. The van der Waals surface area contributed by atoms with Gasteiger partial charge >= 0.3 is 5.69 Å². The van der Waals surface area contributed by atoms with Crippen molar-refractivity contribution in [3.63, 3.8) is 0 Å². The van der Waals surface area contributed by atoms with Crippen molar-refractivity contribution in [2.45, 2.75) is 6.54 Å². The molecule has 0 spiro atoms. The van der Waals surface area contributed by atoms with Crippen LogP contribution in [0.1, 0.15) is 0 Å². The van der Waals surface area contributed by atoms with Crippen LogP contribution in [0.2, 0.25) is 0 Å². The van der Waals surface area contributed by atoms with Crippen LogP contribution in [0.15, 0.2) is 51.4 Å². The molecule has 0 aliphatic rings. The average Bonchev–Trinajstić information content (AvgIpc) is 2.99. The van der Waals surface area contributed by atoms with Gasteiger partial charge in [0.05, 0.1) is 12.1 Å². The van der Waals surface area contributed by atoms with Crippen LogP contribution in [-0.2, 0) is 13.6 Å². The number of nitrogens with zero attached hydrogens (tertiary/aromatic N) is 2. The molecular formula is C15H14N2O3S. The molecule has 0 atom stereocenters. The van der Waals surface area contributed by atoms with Gasteiger partial charge in [-0.05, 0) is 23.6 Å². The summed E-state index contributed by atoms with van der Waals surface area (Å²) in [6.45, 7) is 0.766. The van der Waals surface area contributed by atoms with E-state index in [1.807, 2.05) is 35.7 Å². The number of aromatic nitrogens is 2. The van der Waals surface area contributed by atoms with Crippen molar-refractivity contribution in [2.24, 2.45) is 7.05 Å². The molecule has 0 bridgehead atoms. The van der Waals surface area contributed by atoms with Crippen molar-refractivity contribution in [1.82, 2.24) is 9.13 Å². The van der Waals surface area contributed by atoms with Crippen LogP contribution in [0, 0.1) is 0 Å². The molecule has 3 rings (SSSR count). The van der Waals surface area contributed by atoms with Gasteiger partial charge < -0.3 is 4.74 Å². The van der Waals surface area contributed by atoms with Crippen LogP contribution < -0.4 is 16.0 Å². The molecule has 0 aliphatic heterocycles. The molecule has 0 aliphatic carbocycles. The lowest BCUT2D eigenvalue weighted by atomic mass is 10.3. The second-order valence-corrected chi connectivity index (χ2v) is 5.51. The number of ether oxygens (including phenoxy) is 1. The highest BCUT2D eigenvalue weighted by Gasteiger charge is 2.11. The Morgan fingerprint density at radius 2 is 1.90 bits per heavy atom. The van der Waals surface area contributed by atoms with Crippen molar-refractivity contribution < 1.29 is 4.74 Å². The van der Waals surface area contributed by atoms with E-state index in [1.54, 1.807) is 10.6 Å². The molecular weight excluding hydrogens is 288 g/mol. The van der Waals surface area contributed by atoms with E-state index in [9.17, 15) is 9.59 Å². The Morgan fingerprint density at radius 1 is 1.14 bits per heavy atom. The highest BCUT2D eigenvalue weighted by molar-refractivity contribution is 7.17. The van der Waals surface area contributed by atoms with E-state index in [-0.39, 0.29) is 11.2 Å². The van der Waals surface area contributed by atoms with Crippen molar-refractivity contribution in [3.05, 3.63) is 62.6 Å². The first-order chi connectivity index (χ1) is 10.2. The molecule has 6 heteroatoms. The van der Waals surface area contributed by atoms with Gasteiger partial charge in [0.1, 0.15) is 17.1 Å². The van der Waals surface area contributed by atoms with Crippen molar-refractivity contribution in [1.29, 1.82) is 0 Å². The Balaban J connectivity index is 1.89. The Kier molecular flexibility index (Phi) is 3.62. The molecule has 0 radical (unpaired) electrons. The molecule has 0 saturated carbocycles. The number of hydrogen-bond acceptors (Lipinski definition) is 4. The van der Waals surface area contributed by atoms with Gasteiger partial charge in [-0.3, -0.25) is 13.9 Å². The molecule has 0 N–H and O–H groups in total. The van der Waals surface area contributed by atoms with Gasteiger partial charge in [-0.2, -0.15) is 0 Å². The Bertz CT molecular complexity index is 877. The number of para-hydroxylation sites is 1. The first-order valence-corrected chi connectivity index (χ1v) is 7.41. The summed E-state index contributed by atoms with van der Waals surface area (Å²) in [6, 6.07) is 11.2. The van der Waals surface area contributed by atoms with Crippen LogP contribution in [0.4, 0.5) is 0 Å². The average molecular weight is 302 g/mol. The van der Waals surface area contributed by atoms with Crippen molar-refractivity contribution in [3.8, 4) is 5.75 Å².